The van der Waals surface area contributed by atoms with E-state index in [9.17, 15) is 0 Å². The molecule has 1 aromatic heterocycles. The van der Waals surface area contributed by atoms with E-state index >= 15 is 0 Å². The number of rotatable bonds is 8. The van der Waals surface area contributed by atoms with Gasteiger partial charge in [0.05, 0.1) is 31.6 Å². The molecular formula is C14H27N3O2. The number of hydrogen-bond acceptors (Lipinski definition) is 4. The van der Waals surface area contributed by atoms with Crippen LogP contribution in [0.2, 0.25) is 0 Å². The molecule has 0 unspecified atom stereocenters. The normalized spacial score (nSPS) is 12.1. The zero-order valence-corrected chi connectivity index (χ0v) is 12.8. The predicted octanol–water partition coefficient (Wildman–Crippen LogP) is 1.74. The second-order valence-corrected chi connectivity index (χ2v) is 5.61. The molecule has 1 rings (SSSR count). The van der Waals surface area contributed by atoms with E-state index in [0.29, 0.717) is 6.61 Å². The van der Waals surface area contributed by atoms with Crippen molar-refractivity contribution < 1.29 is 9.47 Å². The average Bonchev–Trinajstić information content (AvgIpc) is 2.65. The third kappa shape index (κ3) is 6.18. The van der Waals surface area contributed by atoms with Crippen molar-refractivity contribution in [3.63, 3.8) is 0 Å². The molecule has 0 aliphatic heterocycles. The van der Waals surface area contributed by atoms with E-state index in [1.807, 2.05) is 10.9 Å². The van der Waals surface area contributed by atoms with Gasteiger partial charge in [-0.15, -0.1) is 0 Å². The van der Waals surface area contributed by atoms with Crippen molar-refractivity contribution in [2.24, 2.45) is 0 Å². The number of methoxy groups -OCH3 is 1. The molecule has 0 bridgehead atoms. The molecule has 0 atom stereocenters. The number of aromatic nitrogens is 2. The molecule has 19 heavy (non-hydrogen) atoms. The Morgan fingerprint density at radius 1 is 1.32 bits per heavy atom. The van der Waals surface area contributed by atoms with E-state index in [2.05, 4.69) is 38.1 Å². The van der Waals surface area contributed by atoms with E-state index in [1.54, 1.807) is 7.11 Å². The van der Waals surface area contributed by atoms with Crippen molar-refractivity contribution in [1.29, 1.82) is 0 Å². The Hall–Kier alpha value is -0.910. The molecular weight excluding hydrogens is 242 g/mol. The Balaban J connectivity index is 2.38. The van der Waals surface area contributed by atoms with Crippen LogP contribution in [0.3, 0.4) is 0 Å². The highest BCUT2D eigenvalue weighted by atomic mass is 16.5. The van der Waals surface area contributed by atoms with E-state index in [4.69, 9.17) is 9.47 Å². The lowest BCUT2D eigenvalue weighted by Crippen LogP contribution is -2.22. The lowest BCUT2D eigenvalue weighted by molar-refractivity contribution is -0.00809. The molecule has 0 fully saturated rings. The summed E-state index contributed by atoms with van der Waals surface area (Å²) in [7, 11) is 1.71. The molecule has 1 aromatic rings. The number of nitrogens with zero attached hydrogens (tertiary/aromatic N) is 2. The summed E-state index contributed by atoms with van der Waals surface area (Å²) >= 11 is 0. The van der Waals surface area contributed by atoms with Crippen LogP contribution in [0.1, 0.15) is 32.0 Å². The molecule has 5 nitrogen and oxygen atoms in total. The van der Waals surface area contributed by atoms with Crippen LogP contribution in [0.15, 0.2) is 6.20 Å². The Morgan fingerprint density at radius 3 is 2.68 bits per heavy atom. The highest BCUT2D eigenvalue weighted by Gasteiger charge is 2.11. The number of nitrogens with one attached hydrogen (secondary N) is 1. The fourth-order valence-electron chi connectivity index (χ4n) is 1.72. The average molecular weight is 269 g/mol. The fraction of sp³-hybridized carbons (Fsp3) is 0.786. The number of ether oxygens (including phenoxy) is 2. The minimum absolute atomic E-state index is 0.0917. The van der Waals surface area contributed by atoms with Crippen LogP contribution in [0.4, 0.5) is 0 Å². The van der Waals surface area contributed by atoms with Crippen LogP contribution in [0.25, 0.3) is 0 Å². The van der Waals surface area contributed by atoms with Gasteiger partial charge in [0.15, 0.2) is 0 Å². The van der Waals surface area contributed by atoms with E-state index in [-0.39, 0.29) is 5.60 Å². The predicted molar refractivity (Wildman–Crippen MR) is 76.3 cm³/mol. The molecule has 0 saturated heterocycles. The lowest BCUT2D eigenvalue weighted by Gasteiger charge is -2.19. The maximum atomic E-state index is 5.72. The van der Waals surface area contributed by atoms with E-state index in [0.717, 1.165) is 26.2 Å². The summed E-state index contributed by atoms with van der Waals surface area (Å²) < 4.78 is 12.7. The van der Waals surface area contributed by atoms with Gasteiger partial charge in [0, 0.05) is 31.5 Å². The van der Waals surface area contributed by atoms with Gasteiger partial charge in [0.1, 0.15) is 0 Å². The van der Waals surface area contributed by atoms with Gasteiger partial charge in [0.25, 0.3) is 0 Å². The van der Waals surface area contributed by atoms with Gasteiger partial charge in [-0.3, -0.25) is 4.68 Å². The maximum absolute atomic E-state index is 5.72. The molecule has 1 N–H and O–H groups in total. The van der Waals surface area contributed by atoms with Crippen LogP contribution in [-0.2, 0) is 22.6 Å². The molecule has 0 spiro atoms. The van der Waals surface area contributed by atoms with Crippen LogP contribution in [0, 0.1) is 6.92 Å². The molecule has 0 aliphatic carbocycles. The van der Waals surface area contributed by atoms with Gasteiger partial charge in [0.2, 0.25) is 0 Å². The quantitative estimate of drug-likeness (QED) is 0.730. The van der Waals surface area contributed by atoms with Crippen LogP contribution < -0.4 is 5.32 Å². The Bertz CT molecular complexity index is 369. The first-order chi connectivity index (χ1) is 8.94. The molecule has 0 saturated carbocycles. The Labute approximate surface area is 116 Å². The standard InChI is InChI=1S/C14H27N3O2/c1-12-13(10-15-6-8-18-5)11-16-17(12)7-9-19-14(2,3)4/h11,15H,6-10H2,1-5H3. The third-order valence-electron chi connectivity index (χ3n) is 2.84. The summed E-state index contributed by atoms with van der Waals surface area (Å²) in [5.41, 5.74) is 2.33. The first-order valence-electron chi connectivity index (χ1n) is 6.79. The molecule has 110 valence electrons. The summed E-state index contributed by atoms with van der Waals surface area (Å²) in [5.74, 6) is 0. The molecule has 0 aromatic carbocycles. The van der Waals surface area contributed by atoms with Crippen molar-refractivity contribution in [3.05, 3.63) is 17.5 Å². The Morgan fingerprint density at radius 2 is 2.05 bits per heavy atom. The summed E-state index contributed by atoms with van der Waals surface area (Å²) in [5, 5.41) is 7.73. The zero-order valence-electron chi connectivity index (χ0n) is 12.8. The highest BCUT2D eigenvalue weighted by molar-refractivity contribution is 5.15. The minimum atomic E-state index is -0.0917. The van der Waals surface area contributed by atoms with Crippen molar-refractivity contribution in [1.82, 2.24) is 15.1 Å². The van der Waals surface area contributed by atoms with Gasteiger partial charge in [-0.05, 0) is 27.7 Å². The smallest absolute Gasteiger partial charge is 0.0669 e. The van der Waals surface area contributed by atoms with E-state index < -0.39 is 0 Å². The largest absolute Gasteiger partial charge is 0.383 e. The van der Waals surface area contributed by atoms with Crippen molar-refractivity contribution in [2.75, 3.05) is 26.9 Å². The van der Waals surface area contributed by atoms with Gasteiger partial charge < -0.3 is 14.8 Å². The molecule has 0 radical (unpaired) electrons. The Kier molecular flexibility index (Phi) is 6.48. The fourth-order valence-corrected chi connectivity index (χ4v) is 1.72. The monoisotopic (exact) mass is 269 g/mol. The van der Waals surface area contributed by atoms with Crippen LogP contribution in [0.5, 0.6) is 0 Å². The van der Waals surface area contributed by atoms with Crippen molar-refractivity contribution in [3.8, 4) is 0 Å². The third-order valence-corrected chi connectivity index (χ3v) is 2.84. The zero-order chi connectivity index (χ0) is 14.3. The summed E-state index contributed by atoms with van der Waals surface area (Å²) in [6.07, 6.45) is 1.92. The summed E-state index contributed by atoms with van der Waals surface area (Å²) in [6.45, 7) is 12.2. The topological polar surface area (TPSA) is 48.3 Å². The first kappa shape index (κ1) is 16.1. The SMILES string of the molecule is COCCNCc1cnn(CCOC(C)(C)C)c1C. The lowest BCUT2D eigenvalue weighted by atomic mass is 10.2. The van der Waals surface area contributed by atoms with E-state index in [1.165, 1.54) is 11.3 Å². The van der Waals surface area contributed by atoms with Gasteiger partial charge in [-0.1, -0.05) is 0 Å². The maximum Gasteiger partial charge on any atom is 0.0669 e. The highest BCUT2D eigenvalue weighted by Crippen LogP contribution is 2.09. The first-order valence-corrected chi connectivity index (χ1v) is 6.79. The minimum Gasteiger partial charge on any atom is -0.383 e. The molecule has 0 amide bonds. The van der Waals surface area contributed by atoms with Crippen molar-refractivity contribution >= 4 is 0 Å². The second kappa shape index (κ2) is 7.62. The van der Waals surface area contributed by atoms with Crippen LogP contribution in [-0.4, -0.2) is 42.2 Å². The number of hydrogen-bond donors (Lipinski definition) is 1. The van der Waals surface area contributed by atoms with Gasteiger partial charge in [-0.25, -0.2) is 0 Å². The van der Waals surface area contributed by atoms with Crippen molar-refractivity contribution in [2.45, 2.75) is 46.4 Å². The second-order valence-electron chi connectivity index (χ2n) is 5.61. The molecule has 0 aliphatic rings. The van der Waals surface area contributed by atoms with Gasteiger partial charge >= 0.3 is 0 Å². The van der Waals surface area contributed by atoms with Crippen LogP contribution >= 0.6 is 0 Å². The molecule has 1 heterocycles. The molecule has 5 heteroatoms. The summed E-state index contributed by atoms with van der Waals surface area (Å²) in [4.78, 5) is 0. The van der Waals surface area contributed by atoms with Gasteiger partial charge in [-0.2, -0.15) is 5.10 Å². The summed E-state index contributed by atoms with van der Waals surface area (Å²) in [6, 6.07) is 0.